The van der Waals surface area contributed by atoms with E-state index in [4.69, 9.17) is 5.14 Å². The average Bonchev–Trinajstić information content (AvgIpc) is 2.37. The van der Waals surface area contributed by atoms with Crippen molar-refractivity contribution < 1.29 is 8.42 Å². The Bertz CT molecular complexity index is 532. The van der Waals surface area contributed by atoms with Crippen LogP contribution in [0.4, 0.5) is 5.69 Å². The molecule has 98 valence electrons. The lowest BCUT2D eigenvalue weighted by Crippen LogP contribution is -2.12. The number of nitrogens with two attached hydrogens (primary N) is 1. The summed E-state index contributed by atoms with van der Waals surface area (Å²) in [5, 5.41) is 5.16. The van der Waals surface area contributed by atoms with Crippen LogP contribution in [0.25, 0.3) is 0 Å². The van der Waals surface area contributed by atoms with E-state index in [-0.39, 0.29) is 4.90 Å². The third-order valence-corrected chi connectivity index (χ3v) is 4.20. The van der Waals surface area contributed by atoms with E-state index in [1.165, 1.54) is 25.3 Å². The summed E-state index contributed by atoms with van der Waals surface area (Å²) in [7, 11) is -3.70. The summed E-state index contributed by atoms with van der Waals surface area (Å²) < 4.78 is 22.8. The van der Waals surface area contributed by atoms with Gasteiger partial charge in [-0.2, -0.15) is 0 Å². The van der Waals surface area contributed by atoms with Crippen LogP contribution in [-0.2, 0) is 10.0 Å². The molecule has 0 unspecified atom stereocenters. The highest BCUT2D eigenvalue weighted by Gasteiger charge is 2.14. The second-order valence-electron chi connectivity index (χ2n) is 4.69. The Morgan fingerprint density at radius 1 is 1.17 bits per heavy atom. The molecule has 2 N–H and O–H groups in total. The number of para-hydroxylation sites is 1. The Morgan fingerprint density at radius 2 is 1.83 bits per heavy atom. The van der Waals surface area contributed by atoms with E-state index < -0.39 is 10.0 Å². The molecule has 1 aromatic rings. The lowest BCUT2D eigenvalue weighted by Gasteiger charge is -2.17. The molecule has 18 heavy (non-hydrogen) atoms. The second kappa shape index (κ2) is 5.63. The summed E-state index contributed by atoms with van der Waals surface area (Å²) in [4.78, 5) is 4.41. The lowest BCUT2D eigenvalue weighted by molar-refractivity contribution is 0.445. The standard InChI is InChI=1S/C13H18N2O2S/c14-18(16,17)13-9-5-4-8-12(13)15-10-11-6-2-1-3-7-11/h4-5,8-11H,1-3,6-7H2,(H2,14,16,17). The Labute approximate surface area is 108 Å². The van der Waals surface area contributed by atoms with Crippen LogP contribution in [0.5, 0.6) is 0 Å². The smallest absolute Gasteiger partial charge is 0.240 e. The minimum atomic E-state index is -3.70. The van der Waals surface area contributed by atoms with Crippen LogP contribution >= 0.6 is 0 Å². The zero-order valence-corrected chi connectivity index (χ0v) is 11.1. The third-order valence-electron chi connectivity index (χ3n) is 3.25. The highest BCUT2D eigenvalue weighted by Crippen LogP contribution is 2.25. The first-order valence-electron chi connectivity index (χ1n) is 6.23. The van der Waals surface area contributed by atoms with Crippen molar-refractivity contribution in [2.75, 3.05) is 0 Å². The number of hydrogen-bond donors (Lipinski definition) is 1. The molecule has 4 nitrogen and oxygen atoms in total. The van der Waals surface area contributed by atoms with Crippen molar-refractivity contribution in [3.05, 3.63) is 24.3 Å². The van der Waals surface area contributed by atoms with E-state index in [1.54, 1.807) is 18.2 Å². The molecule has 1 aliphatic rings. The highest BCUT2D eigenvalue weighted by atomic mass is 32.2. The van der Waals surface area contributed by atoms with Crippen LogP contribution in [0, 0.1) is 5.92 Å². The van der Waals surface area contributed by atoms with E-state index in [0.717, 1.165) is 12.8 Å². The quantitative estimate of drug-likeness (QED) is 0.854. The molecular weight excluding hydrogens is 248 g/mol. The molecule has 1 aromatic carbocycles. The average molecular weight is 266 g/mol. The number of sulfonamides is 1. The van der Waals surface area contributed by atoms with Gasteiger partial charge < -0.3 is 0 Å². The molecule has 0 amide bonds. The number of aliphatic imine (C=N–C) groups is 1. The summed E-state index contributed by atoms with van der Waals surface area (Å²) in [6.45, 7) is 0. The van der Waals surface area contributed by atoms with E-state index in [2.05, 4.69) is 4.99 Å². The molecule has 5 heteroatoms. The van der Waals surface area contributed by atoms with E-state index in [9.17, 15) is 8.42 Å². The van der Waals surface area contributed by atoms with E-state index >= 15 is 0 Å². The molecule has 0 aromatic heterocycles. The predicted octanol–water partition coefficient (Wildman–Crippen LogP) is 2.62. The van der Waals surface area contributed by atoms with Crippen molar-refractivity contribution in [3.8, 4) is 0 Å². The first-order chi connectivity index (χ1) is 8.57. The minimum Gasteiger partial charge on any atom is -0.260 e. The summed E-state index contributed by atoms with van der Waals surface area (Å²) in [6.07, 6.45) is 7.91. The number of primary sulfonamides is 1. The molecule has 0 atom stereocenters. The number of rotatable bonds is 3. The Kier molecular flexibility index (Phi) is 4.14. The zero-order valence-electron chi connectivity index (χ0n) is 10.2. The maximum atomic E-state index is 11.4. The minimum absolute atomic E-state index is 0.0945. The van der Waals surface area contributed by atoms with Gasteiger partial charge in [-0.05, 0) is 30.9 Å². The topological polar surface area (TPSA) is 72.5 Å². The third kappa shape index (κ3) is 3.40. The van der Waals surface area contributed by atoms with Crippen molar-refractivity contribution >= 4 is 21.9 Å². The maximum absolute atomic E-state index is 11.4. The van der Waals surface area contributed by atoms with Gasteiger partial charge in [-0.25, -0.2) is 13.6 Å². The van der Waals surface area contributed by atoms with Crippen molar-refractivity contribution in [3.63, 3.8) is 0 Å². The molecule has 0 heterocycles. The number of benzene rings is 1. The Balaban J connectivity index is 2.21. The van der Waals surface area contributed by atoms with E-state index in [1.807, 2.05) is 6.21 Å². The van der Waals surface area contributed by atoms with Gasteiger partial charge in [0.1, 0.15) is 4.90 Å². The molecule has 0 spiro atoms. The molecule has 2 rings (SSSR count). The van der Waals surface area contributed by atoms with Gasteiger partial charge in [0, 0.05) is 6.21 Å². The van der Waals surface area contributed by atoms with Gasteiger partial charge in [-0.15, -0.1) is 0 Å². The molecule has 1 fully saturated rings. The number of nitrogens with zero attached hydrogens (tertiary/aromatic N) is 1. The fourth-order valence-corrected chi connectivity index (χ4v) is 2.95. The van der Waals surface area contributed by atoms with Crippen LogP contribution < -0.4 is 5.14 Å². The fraction of sp³-hybridized carbons (Fsp3) is 0.462. The van der Waals surface area contributed by atoms with Gasteiger partial charge in [0.2, 0.25) is 10.0 Å². The molecule has 0 aliphatic heterocycles. The molecular formula is C13H18N2O2S. The monoisotopic (exact) mass is 266 g/mol. The Morgan fingerprint density at radius 3 is 2.50 bits per heavy atom. The first kappa shape index (κ1) is 13.2. The zero-order chi connectivity index (χ0) is 13.0. The molecule has 0 saturated heterocycles. The number of hydrogen-bond acceptors (Lipinski definition) is 3. The van der Waals surface area contributed by atoms with Crippen LogP contribution in [0.15, 0.2) is 34.2 Å². The van der Waals surface area contributed by atoms with E-state index in [0.29, 0.717) is 11.6 Å². The Hall–Kier alpha value is -1.20. The van der Waals surface area contributed by atoms with Gasteiger partial charge in [-0.3, -0.25) is 4.99 Å². The normalized spacial score (nSPS) is 18.3. The second-order valence-corrected chi connectivity index (χ2v) is 6.22. The van der Waals surface area contributed by atoms with Gasteiger partial charge in [-0.1, -0.05) is 31.4 Å². The highest BCUT2D eigenvalue weighted by molar-refractivity contribution is 7.89. The van der Waals surface area contributed by atoms with Crippen molar-refractivity contribution in [2.45, 2.75) is 37.0 Å². The van der Waals surface area contributed by atoms with Crippen LogP contribution in [-0.4, -0.2) is 14.6 Å². The van der Waals surface area contributed by atoms with Crippen molar-refractivity contribution in [2.24, 2.45) is 16.0 Å². The summed E-state index contributed by atoms with van der Waals surface area (Å²) in [5.41, 5.74) is 0.436. The fourth-order valence-electron chi connectivity index (χ4n) is 2.27. The SMILES string of the molecule is NS(=O)(=O)c1ccccc1N=CC1CCCCC1. The first-order valence-corrected chi connectivity index (χ1v) is 7.78. The van der Waals surface area contributed by atoms with Crippen molar-refractivity contribution in [1.29, 1.82) is 0 Å². The van der Waals surface area contributed by atoms with Gasteiger partial charge in [0.25, 0.3) is 0 Å². The van der Waals surface area contributed by atoms with Crippen molar-refractivity contribution in [1.82, 2.24) is 0 Å². The lowest BCUT2D eigenvalue weighted by atomic mass is 9.90. The molecule has 1 aliphatic carbocycles. The van der Waals surface area contributed by atoms with Gasteiger partial charge >= 0.3 is 0 Å². The largest absolute Gasteiger partial charge is 0.260 e. The summed E-state index contributed by atoms with van der Waals surface area (Å²) in [5.74, 6) is 0.465. The molecule has 0 bridgehead atoms. The predicted molar refractivity (Wildman–Crippen MR) is 72.5 cm³/mol. The summed E-state index contributed by atoms with van der Waals surface area (Å²) >= 11 is 0. The van der Waals surface area contributed by atoms with Gasteiger partial charge in [0.05, 0.1) is 5.69 Å². The summed E-state index contributed by atoms with van der Waals surface area (Å²) in [6, 6.07) is 6.59. The van der Waals surface area contributed by atoms with Crippen LogP contribution in [0.1, 0.15) is 32.1 Å². The van der Waals surface area contributed by atoms with Crippen LogP contribution in [0.2, 0.25) is 0 Å². The molecule has 0 radical (unpaired) electrons. The van der Waals surface area contributed by atoms with Gasteiger partial charge in [0.15, 0.2) is 0 Å². The molecule has 1 saturated carbocycles. The maximum Gasteiger partial charge on any atom is 0.240 e. The van der Waals surface area contributed by atoms with Crippen LogP contribution in [0.3, 0.4) is 0 Å².